The SMILES string of the molecule is O=C(CSCC(=O)Nc1ccc(F)cc1)NC1=NCCS1. The topological polar surface area (TPSA) is 70.6 Å². The van der Waals surface area contributed by atoms with Gasteiger partial charge in [-0.15, -0.1) is 11.8 Å². The fraction of sp³-hybridized carbons (Fsp3) is 0.308. The van der Waals surface area contributed by atoms with Crippen LogP contribution < -0.4 is 10.6 Å². The molecule has 0 radical (unpaired) electrons. The Morgan fingerprint density at radius 1 is 1.19 bits per heavy atom. The van der Waals surface area contributed by atoms with Crippen LogP contribution in [-0.2, 0) is 9.59 Å². The molecule has 0 bridgehead atoms. The number of benzene rings is 1. The number of nitrogens with zero attached hydrogens (tertiary/aromatic N) is 1. The fourth-order valence-electron chi connectivity index (χ4n) is 1.53. The van der Waals surface area contributed by atoms with E-state index in [-0.39, 0.29) is 29.1 Å². The molecule has 0 atom stereocenters. The quantitative estimate of drug-likeness (QED) is 0.864. The number of halogens is 1. The van der Waals surface area contributed by atoms with Crippen LogP contribution in [0.25, 0.3) is 0 Å². The van der Waals surface area contributed by atoms with Crippen LogP contribution in [0.1, 0.15) is 0 Å². The van der Waals surface area contributed by atoms with Gasteiger partial charge < -0.3 is 10.6 Å². The molecule has 1 aromatic carbocycles. The summed E-state index contributed by atoms with van der Waals surface area (Å²) in [5.74, 6) is 0.491. The van der Waals surface area contributed by atoms with Gasteiger partial charge in [0.05, 0.1) is 18.1 Å². The van der Waals surface area contributed by atoms with Gasteiger partial charge in [-0.3, -0.25) is 14.6 Å². The summed E-state index contributed by atoms with van der Waals surface area (Å²) in [6.45, 7) is 0.730. The first-order chi connectivity index (χ1) is 10.1. The Balaban J connectivity index is 1.64. The molecule has 2 rings (SSSR count). The van der Waals surface area contributed by atoms with Crippen LogP contribution in [0.5, 0.6) is 0 Å². The summed E-state index contributed by atoms with van der Waals surface area (Å²) in [7, 11) is 0. The molecule has 2 N–H and O–H groups in total. The molecule has 1 aliphatic rings. The van der Waals surface area contributed by atoms with Crippen molar-refractivity contribution >= 4 is 46.2 Å². The van der Waals surface area contributed by atoms with Crippen molar-refractivity contribution in [2.75, 3.05) is 29.1 Å². The number of carbonyl (C=O) groups excluding carboxylic acids is 2. The predicted octanol–water partition coefficient (Wildman–Crippen LogP) is 1.72. The zero-order chi connectivity index (χ0) is 15.1. The molecule has 0 aromatic heterocycles. The summed E-state index contributed by atoms with van der Waals surface area (Å²) < 4.78 is 12.7. The number of hydrogen-bond donors (Lipinski definition) is 2. The normalized spacial score (nSPS) is 13.7. The molecule has 0 aliphatic carbocycles. The van der Waals surface area contributed by atoms with Crippen molar-refractivity contribution in [3.05, 3.63) is 30.1 Å². The first-order valence-corrected chi connectivity index (χ1v) is 8.38. The van der Waals surface area contributed by atoms with Crippen molar-refractivity contribution in [3.63, 3.8) is 0 Å². The minimum atomic E-state index is -0.355. The first-order valence-electron chi connectivity index (χ1n) is 6.24. The van der Waals surface area contributed by atoms with Crippen molar-refractivity contribution in [1.29, 1.82) is 0 Å². The summed E-state index contributed by atoms with van der Waals surface area (Å²) in [4.78, 5) is 27.3. The number of rotatable bonds is 5. The monoisotopic (exact) mass is 327 g/mol. The Bertz CT molecular complexity index is 549. The largest absolute Gasteiger partial charge is 0.325 e. The van der Waals surface area contributed by atoms with Gasteiger partial charge >= 0.3 is 0 Å². The summed E-state index contributed by atoms with van der Waals surface area (Å²) in [6.07, 6.45) is 0. The second-order valence-corrected chi connectivity index (χ2v) is 6.20. The highest BCUT2D eigenvalue weighted by Crippen LogP contribution is 2.11. The van der Waals surface area contributed by atoms with Crippen LogP contribution in [0.3, 0.4) is 0 Å². The second kappa shape index (κ2) is 8.04. The lowest BCUT2D eigenvalue weighted by Crippen LogP contribution is -2.29. The fourth-order valence-corrected chi connectivity index (χ4v) is 2.89. The number of hydrogen-bond acceptors (Lipinski definition) is 5. The van der Waals surface area contributed by atoms with E-state index in [1.807, 2.05) is 0 Å². The first kappa shape index (κ1) is 15.8. The maximum absolute atomic E-state index is 12.7. The maximum atomic E-state index is 12.7. The number of nitrogens with one attached hydrogen (secondary N) is 2. The third-order valence-corrected chi connectivity index (χ3v) is 4.25. The van der Waals surface area contributed by atoms with E-state index in [9.17, 15) is 14.0 Å². The number of carbonyl (C=O) groups is 2. The van der Waals surface area contributed by atoms with E-state index in [4.69, 9.17) is 0 Å². The van der Waals surface area contributed by atoms with Gasteiger partial charge in [0, 0.05) is 11.4 Å². The molecule has 0 spiro atoms. The van der Waals surface area contributed by atoms with Crippen LogP contribution >= 0.6 is 23.5 Å². The third-order valence-electron chi connectivity index (χ3n) is 2.43. The van der Waals surface area contributed by atoms with Gasteiger partial charge in [-0.1, -0.05) is 11.8 Å². The van der Waals surface area contributed by atoms with E-state index < -0.39 is 0 Å². The van der Waals surface area contributed by atoms with E-state index in [2.05, 4.69) is 15.6 Å². The lowest BCUT2D eigenvalue weighted by molar-refractivity contribution is -0.117. The van der Waals surface area contributed by atoms with E-state index in [0.717, 1.165) is 12.3 Å². The molecule has 21 heavy (non-hydrogen) atoms. The molecule has 0 saturated carbocycles. The van der Waals surface area contributed by atoms with Crippen molar-refractivity contribution in [2.24, 2.45) is 4.99 Å². The predicted molar refractivity (Wildman–Crippen MR) is 85.3 cm³/mol. The zero-order valence-corrected chi connectivity index (χ0v) is 12.7. The Morgan fingerprint density at radius 3 is 2.48 bits per heavy atom. The third kappa shape index (κ3) is 5.76. The van der Waals surface area contributed by atoms with Crippen LogP contribution in [0.4, 0.5) is 10.1 Å². The molecule has 5 nitrogen and oxygen atoms in total. The molecule has 0 saturated heterocycles. The van der Waals surface area contributed by atoms with E-state index in [1.165, 1.54) is 47.8 Å². The number of amides is 2. The van der Waals surface area contributed by atoms with Gasteiger partial charge in [0.2, 0.25) is 11.8 Å². The number of aliphatic imine (C=N–C) groups is 1. The van der Waals surface area contributed by atoms with E-state index in [0.29, 0.717) is 10.9 Å². The van der Waals surface area contributed by atoms with Crippen LogP contribution in [-0.4, -0.2) is 40.8 Å². The highest BCUT2D eigenvalue weighted by atomic mass is 32.2. The van der Waals surface area contributed by atoms with Crippen molar-refractivity contribution < 1.29 is 14.0 Å². The van der Waals surface area contributed by atoms with Gasteiger partial charge in [0.15, 0.2) is 5.17 Å². The zero-order valence-electron chi connectivity index (χ0n) is 11.1. The Hall–Kier alpha value is -1.54. The van der Waals surface area contributed by atoms with Crippen LogP contribution in [0.2, 0.25) is 0 Å². The van der Waals surface area contributed by atoms with Gasteiger partial charge in [-0.25, -0.2) is 4.39 Å². The molecule has 2 amide bonds. The molecule has 0 fully saturated rings. The number of amidine groups is 1. The van der Waals surface area contributed by atoms with Crippen molar-refractivity contribution in [2.45, 2.75) is 0 Å². The standard InChI is InChI=1S/C13H14FN3O2S2/c14-9-1-3-10(4-2-9)16-11(18)7-20-8-12(19)17-13-15-5-6-21-13/h1-4H,5-8H2,(H,16,18)(H,15,17,19). The Kier molecular flexibility index (Phi) is 6.06. The molecule has 112 valence electrons. The van der Waals surface area contributed by atoms with Crippen molar-refractivity contribution in [1.82, 2.24) is 5.32 Å². The van der Waals surface area contributed by atoms with Gasteiger partial charge in [0.25, 0.3) is 0 Å². The lowest BCUT2D eigenvalue weighted by atomic mass is 10.3. The summed E-state index contributed by atoms with van der Waals surface area (Å²) in [5, 5.41) is 5.97. The summed E-state index contributed by atoms with van der Waals surface area (Å²) in [6, 6.07) is 5.52. The highest BCUT2D eigenvalue weighted by Gasteiger charge is 2.11. The second-order valence-electron chi connectivity index (χ2n) is 4.13. The Morgan fingerprint density at radius 2 is 1.86 bits per heavy atom. The average molecular weight is 327 g/mol. The highest BCUT2D eigenvalue weighted by molar-refractivity contribution is 8.14. The summed E-state index contributed by atoms with van der Waals surface area (Å²) >= 11 is 2.73. The maximum Gasteiger partial charge on any atom is 0.235 e. The summed E-state index contributed by atoms with van der Waals surface area (Å²) in [5.41, 5.74) is 0.531. The molecule has 1 heterocycles. The molecular weight excluding hydrogens is 313 g/mol. The smallest absolute Gasteiger partial charge is 0.235 e. The van der Waals surface area contributed by atoms with Gasteiger partial charge in [-0.05, 0) is 24.3 Å². The van der Waals surface area contributed by atoms with Crippen LogP contribution in [0.15, 0.2) is 29.3 Å². The van der Waals surface area contributed by atoms with E-state index in [1.54, 1.807) is 0 Å². The molecule has 1 aliphatic heterocycles. The number of anilines is 1. The van der Waals surface area contributed by atoms with Gasteiger partial charge in [-0.2, -0.15) is 0 Å². The minimum absolute atomic E-state index is 0.157. The molecule has 0 unspecified atom stereocenters. The average Bonchev–Trinajstić information content (AvgIpc) is 2.94. The molecule has 8 heteroatoms. The Labute approximate surface area is 130 Å². The molecule has 1 aromatic rings. The molecular formula is C13H14FN3O2S2. The minimum Gasteiger partial charge on any atom is -0.325 e. The lowest BCUT2D eigenvalue weighted by Gasteiger charge is -2.05. The van der Waals surface area contributed by atoms with Gasteiger partial charge in [0.1, 0.15) is 5.82 Å². The van der Waals surface area contributed by atoms with E-state index >= 15 is 0 Å². The van der Waals surface area contributed by atoms with Crippen LogP contribution in [0, 0.1) is 5.82 Å². The van der Waals surface area contributed by atoms with Crippen molar-refractivity contribution in [3.8, 4) is 0 Å². The number of thioether (sulfide) groups is 2.